The first-order valence-electron chi connectivity index (χ1n) is 40.3. The first-order chi connectivity index (χ1) is 50.3. The summed E-state index contributed by atoms with van der Waals surface area (Å²) in [4.78, 5) is 0.236. The molecule has 11 aromatic carbocycles. The smallest absolute Gasteiger partial charge is 0.159 e. The molecule has 2 heteroatoms. The van der Waals surface area contributed by atoms with Crippen LogP contribution in [0.5, 0.6) is 0 Å². The Balaban J connectivity index is 1.34. The fourth-order valence-electron chi connectivity index (χ4n) is 8.85. The number of furan rings is 1. The highest BCUT2D eigenvalue weighted by Crippen LogP contribution is 2.63. The lowest BCUT2D eigenvalue weighted by molar-refractivity contribution is 0.670. The van der Waals surface area contributed by atoms with E-state index < -0.39 is 381 Å². The normalized spacial score (nSPS) is 21.5. The molecule has 2 nitrogen and oxygen atoms in total. The summed E-state index contributed by atoms with van der Waals surface area (Å²) in [5, 5.41) is -3.43. The minimum atomic E-state index is -3.26. The highest BCUT2D eigenvalue weighted by molar-refractivity contribution is 6.24. The Hall–Kier alpha value is -8.72. The Kier molecular flexibility index (Phi) is 3.32. The van der Waals surface area contributed by atoms with Gasteiger partial charge in [0.15, 0.2) is 5.58 Å². The van der Waals surface area contributed by atoms with Crippen molar-refractivity contribution < 1.29 is 60.6 Å². The molecule has 67 heavy (non-hydrogen) atoms. The highest BCUT2D eigenvalue weighted by atomic mass is 16.3. The van der Waals surface area contributed by atoms with E-state index in [1.165, 1.54) is 0 Å². The van der Waals surface area contributed by atoms with Crippen molar-refractivity contribution in [3.05, 3.63) is 270 Å². The van der Waals surface area contributed by atoms with Gasteiger partial charge in [-0.15, -0.1) is 0 Å². The second-order valence-corrected chi connectivity index (χ2v) is 14.8. The van der Waals surface area contributed by atoms with E-state index in [1.807, 2.05) is 0 Å². The van der Waals surface area contributed by atoms with E-state index in [0.29, 0.717) is 0 Å². The standard InChI is InChI=1S/C65H41NO/c1-4-19-42(20-5-1)45-35-38-60(54(39-45)43-21-6-2-7-22-43)66(61-34-18-30-53-62-48-26-11-10-25-46(48)40-55(64(62)67-63(53)61)44-23-8-3-9-24-44)47-36-37-52-51-29-14-17-33-58(51)65(59(52)41-47)56-31-15-12-27-49(56)50-28-13-16-32-57(50)65/h1-41H/i1D,2D,3D,4D,5D,6D,7D,8D,9D,10D,11D,12D,13D,14D,15D,16D,17D,18D,19D,20D,21D,22D,23D,24D,25D,26D,27D,28D,29D,30D,31D,32D,33D,34D,35D,36D,37D,38D,39D,40D,41D. The molecular formula is C65H41NO. The second-order valence-electron chi connectivity index (χ2n) is 14.8. The van der Waals surface area contributed by atoms with Crippen LogP contribution in [-0.2, 0) is 5.41 Å². The summed E-state index contributed by atoms with van der Waals surface area (Å²) in [7, 11) is 0. The van der Waals surface area contributed by atoms with E-state index in [-0.39, 0.29) is 4.90 Å². The Morgan fingerprint density at radius 1 is 0.328 bits per heavy atom. The second kappa shape index (κ2) is 14.7. The van der Waals surface area contributed by atoms with Crippen LogP contribution in [0.4, 0.5) is 17.1 Å². The summed E-state index contributed by atoms with van der Waals surface area (Å²) in [5.74, 6) is 0. The van der Waals surface area contributed by atoms with Gasteiger partial charge in [-0.3, -0.25) is 0 Å². The largest absolute Gasteiger partial charge is 0.453 e. The predicted molar refractivity (Wildman–Crippen MR) is 279 cm³/mol. The number of fused-ring (bicyclic) bond motifs is 15. The number of para-hydroxylation sites is 1. The molecule has 0 aliphatic heterocycles. The summed E-state index contributed by atoms with van der Waals surface area (Å²) >= 11 is 0. The van der Waals surface area contributed by atoms with Crippen molar-refractivity contribution in [3.63, 3.8) is 0 Å². The Morgan fingerprint density at radius 2 is 0.866 bits per heavy atom. The van der Waals surface area contributed by atoms with Crippen molar-refractivity contribution in [1.29, 1.82) is 0 Å². The molecule has 0 N–H and O–H groups in total. The van der Waals surface area contributed by atoms with Gasteiger partial charge in [0.1, 0.15) is 5.58 Å². The zero-order valence-corrected chi connectivity index (χ0v) is 33.4. The molecule has 0 unspecified atom stereocenters. The first-order valence-corrected chi connectivity index (χ1v) is 19.8. The minimum Gasteiger partial charge on any atom is -0.453 e. The maximum atomic E-state index is 11.2. The van der Waals surface area contributed by atoms with Crippen molar-refractivity contribution in [2.24, 2.45) is 0 Å². The molecule has 0 amide bonds. The Morgan fingerprint density at radius 3 is 1.52 bits per heavy atom. The minimum absolute atomic E-state index is 0.236. The molecule has 14 rings (SSSR count). The summed E-state index contributed by atoms with van der Waals surface area (Å²) in [6, 6.07) is -49.1. The van der Waals surface area contributed by atoms with Gasteiger partial charge in [-0.1, -0.05) is 211 Å². The molecule has 1 aromatic heterocycles. The Labute approximate surface area is 446 Å². The predicted octanol–water partition coefficient (Wildman–Crippen LogP) is 17.6. The van der Waals surface area contributed by atoms with E-state index in [4.69, 9.17) is 26.3 Å². The van der Waals surface area contributed by atoms with Crippen LogP contribution >= 0.6 is 0 Å². The van der Waals surface area contributed by atoms with Gasteiger partial charge in [0, 0.05) is 27.6 Å². The van der Waals surface area contributed by atoms with Gasteiger partial charge >= 0.3 is 0 Å². The third-order valence-electron chi connectivity index (χ3n) is 11.5. The molecule has 2 aliphatic rings. The molecule has 0 bridgehead atoms. The summed E-state index contributed by atoms with van der Waals surface area (Å²) in [5.41, 5.74) is -23.7. The van der Waals surface area contributed by atoms with Crippen molar-refractivity contribution >= 4 is 49.8 Å². The van der Waals surface area contributed by atoms with Crippen LogP contribution in [0.15, 0.2) is 252 Å². The molecule has 12 aromatic rings. The lowest BCUT2D eigenvalue weighted by atomic mass is 9.70. The number of benzene rings is 11. The number of anilines is 3. The van der Waals surface area contributed by atoms with Gasteiger partial charge < -0.3 is 9.32 Å². The molecule has 0 atom stereocenters. The van der Waals surface area contributed by atoms with E-state index in [9.17, 15) is 34.3 Å². The van der Waals surface area contributed by atoms with Crippen LogP contribution in [0.2, 0.25) is 0 Å². The third kappa shape index (κ3) is 5.45. The van der Waals surface area contributed by atoms with Crippen molar-refractivity contribution in [1.82, 2.24) is 0 Å². The van der Waals surface area contributed by atoms with Crippen molar-refractivity contribution in [3.8, 4) is 55.6 Å². The van der Waals surface area contributed by atoms with Gasteiger partial charge in [0.25, 0.3) is 0 Å². The van der Waals surface area contributed by atoms with E-state index >= 15 is 0 Å². The fourth-order valence-corrected chi connectivity index (χ4v) is 8.85. The van der Waals surface area contributed by atoms with Crippen LogP contribution in [0.3, 0.4) is 0 Å². The molecular weight excluding hydrogens is 811 g/mol. The van der Waals surface area contributed by atoms with Crippen LogP contribution in [0.1, 0.15) is 78.5 Å². The lowest BCUT2D eigenvalue weighted by Crippen LogP contribution is -2.26. The van der Waals surface area contributed by atoms with Crippen LogP contribution in [0.25, 0.3) is 88.3 Å². The van der Waals surface area contributed by atoms with Crippen LogP contribution in [0, 0.1) is 0 Å². The molecule has 1 heterocycles. The average Bonchev–Trinajstić information content (AvgIpc) is 1.47. The fraction of sp³-hybridized carbons (Fsp3) is 0.0154. The van der Waals surface area contributed by atoms with Crippen molar-refractivity contribution in [2.75, 3.05) is 4.90 Å². The molecule has 312 valence electrons. The first kappa shape index (κ1) is 15.2. The number of hydrogen-bond donors (Lipinski definition) is 0. The SMILES string of the molecule is [2H]c1c([2H])c([2H])c(-c2c([2H])c([2H])c(N(c3c([2H])c([2H])c4c(c3[2H])C3(c5c([2H])c([2H])c([2H])c([2H])c5-c5c([2H])c([2H])c([2H])c([2H])c53)c3c([2H])c([2H])c([2H])c([2H])c3-4)c3c([2H])c([2H])c([2H])c4c3oc3c(-c5c([2H])c([2H])c([2H])c([2H])c5[2H])c([2H])c5c([2H])c([2H])c([2H])c([2H])c5c34)c(-c3c([2H])c([2H])c([2H])c([2H])c3[2H])c2[2H])c([2H])c1[2H]. The Bertz CT molecular complexity index is 6210. The monoisotopic (exact) mass is 893 g/mol. The zero-order valence-electron chi connectivity index (χ0n) is 74.4. The maximum Gasteiger partial charge on any atom is 0.159 e. The zero-order chi connectivity index (χ0) is 79.7. The molecule has 0 fully saturated rings. The number of rotatable bonds is 6. The topological polar surface area (TPSA) is 16.4 Å². The van der Waals surface area contributed by atoms with Gasteiger partial charge in [-0.25, -0.2) is 0 Å². The number of nitrogens with zero attached hydrogens (tertiary/aromatic N) is 1. The molecule has 2 aliphatic carbocycles. The highest BCUT2D eigenvalue weighted by Gasteiger charge is 2.51. The van der Waals surface area contributed by atoms with E-state index in [2.05, 4.69) is 0 Å². The van der Waals surface area contributed by atoms with Gasteiger partial charge in [0.05, 0.1) is 73.0 Å². The molecule has 0 saturated heterocycles. The maximum absolute atomic E-state index is 11.2. The van der Waals surface area contributed by atoms with Gasteiger partial charge in [-0.2, -0.15) is 0 Å². The third-order valence-corrected chi connectivity index (χ3v) is 11.5. The molecule has 0 radical (unpaired) electrons. The number of hydrogen-bond acceptors (Lipinski definition) is 2. The van der Waals surface area contributed by atoms with Gasteiger partial charge in [0.2, 0.25) is 0 Å². The quantitative estimate of drug-likeness (QED) is 0.165. The van der Waals surface area contributed by atoms with E-state index in [1.54, 1.807) is 0 Å². The summed E-state index contributed by atoms with van der Waals surface area (Å²) in [6.07, 6.45) is 0. The molecule has 1 spiro atoms. The summed E-state index contributed by atoms with van der Waals surface area (Å²) < 4.78 is 394. The van der Waals surface area contributed by atoms with Crippen LogP contribution < -0.4 is 4.90 Å². The average molecular weight is 893 g/mol. The van der Waals surface area contributed by atoms with Crippen LogP contribution in [-0.4, -0.2) is 0 Å². The lowest BCUT2D eigenvalue weighted by Gasteiger charge is -2.32. The molecule has 0 saturated carbocycles. The van der Waals surface area contributed by atoms with Crippen molar-refractivity contribution in [2.45, 2.75) is 5.41 Å². The van der Waals surface area contributed by atoms with Gasteiger partial charge in [-0.05, 0) is 114 Å². The van der Waals surface area contributed by atoms with E-state index in [0.717, 1.165) is 0 Å². The summed E-state index contributed by atoms with van der Waals surface area (Å²) in [6.45, 7) is 0.